The summed E-state index contributed by atoms with van der Waals surface area (Å²) >= 11 is 0. The summed E-state index contributed by atoms with van der Waals surface area (Å²) in [5, 5.41) is 10.1. The van der Waals surface area contributed by atoms with Gasteiger partial charge in [-0.15, -0.1) is 0 Å². The Balaban J connectivity index is 0. The second-order valence-electron chi connectivity index (χ2n) is 1.92. The fourth-order valence-corrected chi connectivity index (χ4v) is 0.618. The van der Waals surface area contributed by atoms with Crippen molar-refractivity contribution in [3.63, 3.8) is 0 Å². The molecule has 1 aromatic rings. The number of hydrogen-bond donors (Lipinski definition) is 0. The molecule has 0 aliphatic heterocycles. The van der Waals surface area contributed by atoms with Crippen molar-refractivity contribution in [2.45, 2.75) is 13.8 Å². The molecule has 3 nitrogen and oxygen atoms in total. The van der Waals surface area contributed by atoms with Crippen LogP contribution >= 0.6 is 0 Å². The van der Waals surface area contributed by atoms with Gasteiger partial charge in [-0.25, -0.2) is 0 Å². The van der Waals surface area contributed by atoms with Gasteiger partial charge in [0, 0.05) is 32.7 Å². The van der Waals surface area contributed by atoms with E-state index < -0.39 is 4.92 Å². The number of rotatable bonds is 1. The zero-order chi connectivity index (χ0) is 9.56. The first-order chi connectivity index (χ1) is 5.70. The fraction of sp³-hybridized carbons (Fsp3) is 0.222. The number of nitro groups is 1. The van der Waals surface area contributed by atoms with Crippen LogP contribution in [0, 0.1) is 17.0 Å². The van der Waals surface area contributed by atoms with E-state index in [2.05, 4.69) is 6.92 Å². The minimum atomic E-state index is -0.431. The summed E-state index contributed by atoms with van der Waals surface area (Å²) < 4.78 is 0. The van der Waals surface area contributed by atoms with Crippen LogP contribution in [0.15, 0.2) is 24.3 Å². The van der Waals surface area contributed by atoms with Crippen molar-refractivity contribution in [2.24, 2.45) is 0 Å². The summed E-state index contributed by atoms with van der Waals surface area (Å²) in [6.07, 6.45) is 0. The van der Waals surface area contributed by atoms with Crippen molar-refractivity contribution in [2.75, 3.05) is 0 Å². The topological polar surface area (TPSA) is 43.1 Å². The van der Waals surface area contributed by atoms with Crippen molar-refractivity contribution >= 4 is 5.69 Å². The molecule has 0 heterocycles. The molecule has 0 spiro atoms. The Bertz CT molecular complexity index is 246. The van der Waals surface area contributed by atoms with Gasteiger partial charge in [-0.2, -0.15) is 24.6 Å². The van der Waals surface area contributed by atoms with Crippen molar-refractivity contribution in [1.29, 1.82) is 0 Å². The number of nitrogens with zero attached hydrogens (tertiary/aromatic N) is 1. The van der Waals surface area contributed by atoms with Gasteiger partial charge in [0.25, 0.3) is 0 Å². The molecule has 13 heavy (non-hydrogen) atoms. The van der Waals surface area contributed by atoms with Gasteiger partial charge >= 0.3 is 0 Å². The summed E-state index contributed by atoms with van der Waals surface area (Å²) in [5.41, 5.74) is 0.887. The van der Waals surface area contributed by atoms with E-state index in [1.165, 1.54) is 12.1 Å². The predicted octanol–water partition coefficient (Wildman–Crippen LogP) is 2.80. The van der Waals surface area contributed by atoms with Gasteiger partial charge < -0.3 is 0 Å². The van der Waals surface area contributed by atoms with Crippen molar-refractivity contribution < 1.29 is 37.6 Å². The van der Waals surface area contributed by atoms with Gasteiger partial charge in [-0.3, -0.25) is 10.1 Å². The number of nitro benzene ring substituents is 1. The average molecular weight is 255 g/mol. The Morgan fingerprint density at radius 2 is 1.62 bits per heavy atom. The molecule has 0 saturated heterocycles. The molecule has 0 saturated carbocycles. The van der Waals surface area contributed by atoms with E-state index in [0.717, 1.165) is 5.56 Å². The molecule has 0 bridgehead atoms. The summed E-state index contributed by atoms with van der Waals surface area (Å²) in [4.78, 5) is 9.67. The Hall–Kier alpha value is -0.406. The van der Waals surface area contributed by atoms with E-state index in [1.807, 2.05) is 13.8 Å². The maximum absolute atomic E-state index is 10.1. The monoisotopic (exact) mass is 255 g/mol. The minimum Gasteiger partial charge on any atom is -0.258 e. The summed E-state index contributed by atoms with van der Waals surface area (Å²) in [6, 6.07) is 6.08. The van der Waals surface area contributed by atoms with Crippen LogP contribution in [0.3, 0.4) is 0 Å². The van der Waals surface area contributed by atoms with E-state index >= 15 is 0 Å². The van der Waals surface area contributed by atoms with E-state index in [1.54, 1.807) is 12.1 Å². The zero-order valence-corrected chi connectivity index (χ0v) is 10.7. The molecule has 69 valence electrons. The third-order valence-corrected chi connectivity index (χ3v) is 1.15. The van der Waals surface area contributed by atoms with Crippen LogP contribution in [0.2, 0.25) is 0 Å². The Labute approximate surface area is 104 Å². The normalized spacial score (nSPS) is 7.54. The SMILES string of the molecule is CC.[CH2-]c1ccc([N+](=O)[O-])cc1.[Y]. The van der Waals surface area contributed by atoms with Gasteiger partial charge in [-0.05, 0) is 12.1 Å². The number of benzene rings is 1. The van der Waals surface area contributed by atoms with E-state index in [-0.39, 0.29) is 38.4 Å². The predicted molar refractivity (Wildman–Crippen MR) is 48.9 cm³/mol. The molecule has 0 aromatic heterocycles. The number of non-ortho nitro benzene ring substituents is 1. The molecule has 0 aliphatic rings. The average Bonchev–Trinajstić information content (AvgIpc) is 2.09. The molecular formula is C9H12NO2Y-. The zero-order valence-electron chi connectivity index (χ0n) is 7.86. The second-order valence-corrected chi connectivity index (χ2v) is 1.92. The van der Waals surface area contributed by atoms with E-state index in [9.17, 15) is 10.1 Å². The molecule has 1 aromatic carbocycles. The number of hydrogen-bond acceptors (Lipinski definition) is 2. The Kier molecular flexibility index (Phi) is 9.52. The molecule has 1 rings (SSSR count). The van der Waals surface area contributed by atoms with Gasteiger partial charge in [0.2, 0.25) is 5.69 Å². The van der Waals surface area contributed by atoms with Crippen LogP contribution in [0.1, 0.15) is 19.4 Å². The first-order valence-electron chi connectivity index (χ1n) is 3.76. The van der Waals surface area contributed by atoms with Crippen LogP contribution in [0.25, 0.3) is 0 Å². The molecule has 0 unspecified atom stereocenters. The standard InChI is InChI=1S/C7H6NO2.C2H6.Y/c1-6-2-4-7(5-3-6)8(9)10;1-2;/h2-5H,1H2;1-2H3;/q-1;;. The van der Waals surface area contributed by atoms with Gasteiger partial charge in [0.05, 0.1) is 4.92 Å². The largest absolute Gasteiger partial charge is 0.258 e. The summed E-state index contributed by atoms with van der Waals surface area (Å²) in [7, 11) is 0. The van der Waals surface area contributed by atoms with Crippen LogP contribution in [0.4, 0.5) is 5.69 Å². The Morgan fingerprint density at radius 1 is 1.23 bits per heavy atom. The molecule has 0 atom stereocenters. The van der Waals surface area contributed by atoms with Crippen LogP contribution in [-0.4, -0.2) is 4.92 Å². The van der Waals surface area contributed by atoms with Gasteiger partial charge in [0.15, 0.2) is 0 Å². The van der Waals surface area contributed by atoms with Crippen molar-refractivity contribution in [1.82, 2.24) is 0 Å². The van der Waals surface area contributed by atoms with E-state index in [0.29, 0.717) is 0 Å². The van der Waals surface area contributed by atoms with Gasteiger partial charge in [0.1, 0.15) is 0 Å². The minimum absolute atomic E-state index is 0. The first kappa shape index (κ1) is 15.1. The Morgan fingerprint density at radius 3 is 1.92 bits per heavy atom. The van der Waals surface area contributed by atoms with Crippen molar-refractivity contribution in [3.05, 3.63) is 46.9 Å². The molecule has 0 fully saturated rings. The smallest absolute Gasteiger partial charge is 0.245 e. The molecule has 0 amide bonds. The fourth-order valence-electron chi connectivity index (χ4n) is 0.618. The van der Waals surface area contributed by atoms with Crippen LogP contribution < -0.4 is 0 Å². The second kappa shape index (κ2) is 8.20. The third kappa shape index (κ3) is 5.77. The molecule has 1 radical (unpaired) electrons. The molecule has 0 aliphatic carbocycles. The van der Waals surface area contributed by atoms with Gasteiger partial charge in [-0.1, -0.05) is 13.8 Å². The summed E-state index contributed by atoms with van der Waals surface area (Å²) in [5.74, 6) is 0. The van der Waals surface area contributed by atoms with Crippen LogP contribution in [0.5, 0.6) is 0 Å². The van der Waals surface area contributed by atoms with Crippen LogP contribution in [-0.2, 0) is 32.7 Å². The first-order valence-corrected chi connectivity index (χ1v) is 3.76. The summed E-state index contributed by atoms with van der Waals surface area (Å²) in [6.45, 7) is 7.60. The molecular weight excluding hydrogens is 243 g/mol. The molecule has 4 heteroatoms. The maximum Gasteiger partial charge on any atom is 0.245 e. The third-order valence-electron chi connectivity index (χ3n) is 1.15. The van der Waals surface area contributed by atoms with Crippen molar-refractivity contribution in [3.8, 4) is 0 Å². The molecule has 0 N–H and O–H groups in total. The van der Waals surface area contributed by atoms with E-state index in [4.69, 9.17) is 0 Å². The maximum atomic E-state index is 10.1. The quantitative estimate of drug-likeness (QED) is 0.440.